The van der Waals surface area contributed by atoms with E-state index in [0.29, 0.717) is 5.57 Å². The number of ether oxygens (including phenoxy) is 2. The normalized spacial score (nSPS) is 38.8. The van der Waals surface area contributed by atoms with E-state index < -0.39 is 29.7 Å². The summed E-state index contributed by atoms with van der Waals surface area (Å²) in [5.41, 5.74) is -0.966. The zero-order valence-electron chi connectivity index (χ0n) is 8.36. The van der Waals surface area contributed by atoms with Crippen molar-refractivity contribution in [1.29, 1.82) is 0 Å². The fraction of sp³-hybridized carbons (Fsp3) is 0.600. The Morgan fingerprint density at radius 1 is 1.67 bits per heavy atom. The standard InChI is InChI=1S/C10H12O5/c1-5-7(14-6(2)11)3-10(13)4-8(5)15-9(10)12/h7-8,13H,1,3-4H2,2H3/t7-,8-,10-/m1/s1. The van der Waals surface area contributed by atoms with Crippen molar-refractivity contribution in [2.24, 2.45) is 0 Å². The highest BCUT2D eigenvalue weighted by Crippen LogP contribution is 2.41. The monoisotopic (exact) mass is 212 g/mol. The lowest BCUT2D eigenvalue weighted by Gasteiger charge is -2.30. The molecule has 5 nitrogen and oxygen atoms in total. The Balaban J connectivity index is 2.21. The fourth-order valence-corrected chi connectivity index (χ4v) is 2.01. The van der Waals surface area contributed by atoms with Crippen LogP contribution in [0.5, 0.6) is 0 Å². The third-order valence-electron chi connectivity index (χ3n) is 2.81. The number of rotatable bonds is 1. The molecule has 2 fully saturated rings. The molecule has 5 heteroatoms. The van der Waals surface area contributed by atoms with Gasteiger partial charge in [0.15, 0.2) is 5.60 Å². The van der Waals surface area contributed by atoms with Gasteiger partial charge in [0, 0.05) is 25.3 Å². The summed E-state index contributed by atoms with van der Waals surface area (Å²) in [6, 6.07) is 0. The number of esters is 2. The Kier molecular flexibility index (Phi) is 2.08. The first-order chi connectivity index (χ1) is 6.92. The van der Waals surface area contributed by atoms with Crippen LogP contribution < -0.4 is 0 Å². The maximum atomic E-state index is 11.3. The van der Waals surface area contributed by atoms with Crippen molar-refractivity contribution >= 4 is 11.9 Å². The van der Waals surface area contributed by atoms with Crippen LogP contribution in [0.25, 0.3) is 0 Å². The zero-order valence-corrected chi connectivity index (χ0v) is 8.36. The summed E-state index contributed by atoms with van der Waals surface area (Å²) in [5.74, 6) is -1.11. The number of carbonyl (C=O) groups excluding carboxylic acids is 2. The second kappa shape index (κ2) is 3.06. The van der Waals surface area contributed by atoms with E-state index in [-0.39, 0.29) is 12.8 Å². The molecular weight excluding hydrogens is 200 g/mol. The lowest BCUT2D eigenvalue weighted by atomic mass is 9.81. The molecule has 1 saturated heterocycles. The molecule has 0 aromatic heterocycles. The molecule has 2 aliphatic rings. The van der Waals surface area contributed by atoms with Gasteiger partial charge in [0.1, 0.15) is 12.2 Å². The second-order valence-corrected chi connectivity index (χ2v) is 4.01. The number of fused-ring (bicyclic) bond motifs is 2. The van der Waals surface area contributed by atoms with E-state index in [4.69, 9.17) is 9.47 Å². The van der Waals surface area contributed by atoms with Crippen LogP contribution in [-0.2, 0) is 19.1 Å². The average Bonchev–Trinajstić information content (AvgIpc) is 2.35. The Bertz CT molecular complexity index is 348. The smallest absolute Gasteiger partial charge is 0.339 e. The van der Waals surface area contributed by atoms with E-state index in [1.54, 1.807) is 0 Å². The van der Waals surface area contributed by atoms with Gasteiger partial charge < -0.3 is 14.6 Å². The Hall–Kier alpha value is -1.36. The molecule has 1 heterocycles. The minimum Gasteiger partial charge on any atom is -0.458 e. The quantitative estimate of drug-likeness (QED) is 0.486. The Morgan fingerprint density at radius 2 is 2.33 bits per heavy atom. The number of carbonyl (C=O) groups is 2. The van der Waals surface area contributed by atoms with Gasteiger partial charge in [-0.25, -0.2) is 4.79 Å². The molecule has 2 rings (SSSR count). The molecule has 1 saturated carbocycles. The van der Waals surface area contributed by atoms with Crippen LogP contribution in [0.2, 0.25) is 0 Å². The van der Waals surface area contributed by atoms with Crippen molar-refractivity contribution in [1.82, 2.24) is 0 Å². The lowest BCUT2D eigenvalue weighted by molar-refractivity contribution is -0.157. The highest BCUT2D eigenvalue weighted by molar-refractivity contribution is 5.83. The van der Waals surface area contributed by atoms with Crippen molar-refractivity contribution < 1.29 is 24.2 Å². The van der Waals surface area contributed by atoms with Crippen molar-refractivity contribution in [2.45, 2.75) is 37.6 Å². The first kappa shape index (κ1) is 10.2. The number of hydrogen-bond donors (Lipinski definition) is 1. The molecular formula is C10H12O5. The topological polar surface area (TPSA) is 72.8 Å². The van der Waals surface area contributed by atoms with Gasteiger partial charge in [0.05, 0.1) is 0 Å². The molecule has 0 unspecified atom stereocenters. The van der Waals surface area contributed by atoms with E-state index in [1.165, 1.54) is 6.92 Å². The van der Waals surface area contributed by atoms with Crippen molar-refractivity contribution in [2.75, 3.05) is 0 Å². The molecule has 0 radical (unpaired) electrons. The number of aliphatic hydroxyl groups is 1. The Labute approximate surface area is 86.7 Å². The van der Waals surface area contributed by atoms with E-state index in [0.717, 1.165) is 0 Å². The molecule has 1 aliphatic heterocycles. The molecule has 82 valence electrons. The first-order valence-corrected chi connectivity index (χ1v) is 4.72. The molecule has 0 spiro atoms. The van der Waals surface area contributed by atoms with Crippen LogP contribution in [-0.4, -0.2) is 34.9 Å². The van der Waals surface area contributed by atoms with E-state index >= 15 is 0 Å². The van der Waals surface area contributed by atoms with Gasteiger partial charge >= 0.3 is 11.9 Å². The molecule has 2 bridgehead atoms. The van der Waals surface area contributed by atoms with Gasteiger partial charge in [-0.05, 0) is 0 Å². The highest BCUT2D eigenvalue weighted by atomic mass is 16.6. The summed E-state index contributed by atoms with van der Waals surface area (Å²) in [6.45, 7) is 5.00. The third kappa shape index (κ3) is 1.52. The van der Waals surface area contributed by atoms with Gasteiger partial charge in [-0.2, -0.15) is 0 Å². The summed E-state index contributed by atoms with van der Waals surface area (Å²) < 4.78 is 9.90. The minimum absolute atomic E-state index is 0.0424. The predicted molar refractivity (Wildman–Crippen MR) is 48.8 cm³/mol. The Morgan fingerprint density at radius 3 is 2.93 bits per heavy atom. The lowest BCUT2D eigenvalue weighted by Crippen LogP contribution is -2.43. The minimum atomic E-state index is -1.51. The van der Waals surface area contributed by atoms with Crippen LogP contribution in [0.4, 0.5) is 0 Å². The van der Waals surface area contributed by atoms with Crippen molar-refractivity contribution in [3.63, 3.8) is 0 Å². The highest BCUT2D eigenvalue weighted by Gasteiger charge is 2.55. The largest absolute Gasteiger partial charge is 0.458 e. The van der Waals surface area contributed by atoms with E-state index in [2.05, 4.69) is 6.58 Å². The summed E-state index contributed by atoms with van der Waals surface area (Å²) in [4.78, 5) is 22.1. The second-order valence-electron chi connectivity index (χ2n) is 4.01. The van der Waals surface area contributed by atoms with E-state index in [9.17, 15) is 14.7 Å². The maximum absolute atomic E-state index is 11.3. The van der Waals surface area contributed by atoms with Gasteiger partial charge in [-0.15, -0.1) is 0 Å². The fourth-order valence-electron chi connectivity index (χ4n) is 2.01. The van der Waals surface area contributed by atoms with Crippen LogP contribution in [0, 0.1) is 0 Å². The first-order valence-electron chi connectivity index (χ1n) is 4.72. The van der Waals surface area contributed by atoms with Crippen LogP contribution in [0.3, 0.4) is 0 Å². The molecule has 0 amide bonds. The average molecular weight is 212 g/mol. The summed E-state index contributed by atoms with van der Waals surface area (Å²) in [5, 5.41) is 9.88. The van der Waals surface area contributed by atoms with Gasteiger partial charge in [-0.3, -0.25) is 4.79 Å². The van der Waals surface area contributed by atoms with Crippen LogP contribution in [0.15, 0.2) is 12.2 Å². The summed E-state index contributed by atoms with van der Waals surface area (Å²) in [6.07, 6.45) is -0.901. The molecule has 15 heavy (non-hydrogen) atoms. The predicted octanol–water partition coefficient (Wildman–Crippen LogP) is -0.0754. The van der Waals surface area contributed by atoms with Crippen LogP contribution >= 0.6 is 0 Å². The van der Waals surface area contributed by atoms with E-state index in [1.807, 2.05) is 0 Å². The number of hydrogen-bond acceptors (Lipinski definition) is 5. The summed E-state index contributed by atoms with van der Waals surface area (Å²) in [7, 11) is 0. The SMILES string of the molecule is C=C1[C@H](OC(C)=O)C[C@@]2(O)C[C@H]1OC2=O. The third-order valence-corrected chi connectivity index (χ3v) is 2.81. The molecule has 1 N–H and O–H groups in total. The molecule has 1 aliphatic carbocycles. The maximum Gasteiger partial charge on any atom is 0.339 e. The molecule has 0 aromatic carbocycles. The molecule has 3 atom stereocenters. The summed E-state index contributed by atoms with van der Waals surface area (Å²) >= 11 is 0. The molecule has 0 aromatic rings. The van der Waals surface area contributed by atoms with Crippen LogP contribution in [0.1, 0.15) is 19.8 Å². The van der Waals surface area contributed by atoms with Gasteiger partial charge in [-0.1, -0.05) is 6.58 Å². The van der Waals surface area contributed by atoms with Gasteiger partial charge in [0.25, 0.3) is 0 Å². The van der Waals surface area contributed by atoms with Gasteiger partial charge in [0.2, 0.25) is 0 Å². The van der Waals surface area contributed by atoms with Crippen molar-refractivity contribution in [3.8, 4) is 0 Å². The zero-order chi connectivity index (χ0) is 11.2. The van der Waals surface area contributed by atoms with Crippen molar-refractivity contribution in [3.05, 3.63) is 12.2 Å².